The number of H-pyrrole nitrogens is 2. The molecule has 20 heavy (non-hydrogen) atoms. The molecule has 1 unspecified atom stereocenters. The zero-order chi connectivity index (χ0) is 13.9. The van der Waals surface area contributed by atoms with Gasteiger partial charge in [-0.05, 0) is 30.7 Å². The van der Waals surface area contributed by atoms with Crippen LogP contribution in [0, 0.1) is 5.82 Å². The van der Waals surface area contributed by atoms with Crippen LogP contribution in [0.25, 0.3) is 0 Å². The van der Waals surface area contributed by atoms with Crippen LogP contribution < -0.4 is 15.9 Å². The summed E-state index contributed by atoms with van der Waals surface area (Å²) in [5.41, 5.74) is 0.741. The van der Waals surface area contributed by atoms with Crippen molar-refractivity contribution < 1.29 is 4.39 Å². The first-order chi connectivity index (χ1) is 9.70. The van der Waals surface area contributed by atoms with Crippen molar-refractivity contribution in [3.05, 3.63) is 46.4 Å². The van der Waals surface area contributed by atoms with Gasteiger partial charge in [-0.2, -0.15) is 5.10 Å². The zero-order valence-corrected chi connectivity index (χ0v) is 10.9. The fourth-order valence-electron chi connectivity index (χ4n) is 2.44. The van der Waals surface area contributed by atoms with Crippen molar-refractivity contribution in [3.63, 3.8) is 0 Å². The molecular formula is C13H16FN5O. The SMILES string of the molecule is O=c1[nH]nc(CNC2CCN(c3ccc(F)cc3)C2)[nH]1. The number of nitrogens with one attached hydrogen (secondary N) is 3. The van der Waals surface area contributed by atoms with Gasteiger partial charge in [0.25, 0.3) is 0 Å². The van der Waals surface area contributed by atoms with Crippen molar-refractivity contribution in [2.75, 3.05) is 18.0 Å². The number of aromatic nitrogens is 3. The summed E-state index contributed by atoms with van der Waals surface area (Å²) in [6.45, 7) is 2.32. The molecule has 1 fully saturated rings. The van der Waals surface area contributed by atoms with E-state index in [2.05, 4.69) is 25.4 Å². The van der Waals surface area contributed by atoms with Gasteiger partial charge in [-0.15, -0.1) is 0 Å². The van der Waals surface area contributed by atoms with Gasteiger partial charge >= 0.3 is 5.69 Å². The highest BCUT2D eigenvalue weighted by Gasteiger charge is 2.22. The molecule has 1 aliphatic rings. The predicted molar refractivity (Wildman–Crippen MR) is 73.1 cm³/mol. The van der Waals surface area contributed by atoms with Crippen LogP contribution in [-0.4, -0.2) is 34.3 Å². The van der Waals surface area contributed by atoms with E-state index in [1.807, 2.05) is 0 Å². The van der Waals surface area contributed by atoms with Gasteiger partial charge in [0.1, 0.15) is 11.6 Å². The van der Waals surface area contributed by atoms with Crippen LogP contribution >= 0.6 is 0 Å². The lowest BCUT2D eigenvalue weighted by Crippen LogP contribution is -2.32. The molecule has 0 bridgehead atoms. The van der Waals surface area contributed by atoms with Crippen LogP contribution in [0.1, 0.15) is 12.2 Å². The standard InChI is InChI=1S/C13H16FN5O/c14-9-1-3-11(4-2-9)19-6-5-10(8-19)15-7-12-16-13(20)18-17-12/h1-4,10,15H,5-8H2,(H2,16,17,18,20). The summed E-state index contributed by atoms with van der Waals surface area (Å²) in [5.74, 6) is 0.389. The lowest BCUT2D eigenvalue weighted by Gasteiger charge is -2.18. The topological polar surface area (TPSA) is 76.8 Å². The average molecular weight is 277 g/mol. The molecule has 7 heteroatoms. The molecule has 1 aliphatic heterocycles. The highest BCUT2D eigenvalue weighted by atomic mass is 19.1. The van der Waals surface area contributed by atoms with E-state index in [1.165, 1.54) is 12.1 Å². The normalized spacial score (nSPS) is 18.6. The van der Waals surface area contributed by atoms with Gasteiger partial charge in [0, 0.05) is 24.8 Å². The van der Waals surface area contributed by atoms with Crippen molar-refractivity contribution in [2.24, 2.45) is 0 Å². The van der Waals surface area contributed by atoms with Crippen molar-refractivity contribution in [1.29, 1.82) is 0 Å². The highest BCUT2D eigenvalue weighted by molar-refractivity contribution is 5.47. The molecule has 6 nitrogen and oxygen atoms in total. The number of halogens is 1. The minimum absolute atomic E-state index is 0.217. The summed E-state index contributed by atoms with van der Waals surface area (Å²) in [4.78, 5) is 15.7. The van der Waals surface area contributed by atoms with Gasteiger partial charge in [-0.25, -0.2) is 14.3 Å². The molecule has 0 aliphatic carbocycles. The number of nitrogens with zero attached hydrogens (tertiary/aromatic N) is 2. The quantitative estimate of drug-likeness (QED) is 0.765. The van der Waals surface area contributed by atoms with E-state index in [1.54, 1.807) is 12.1 Å². The van der Waals surface area contributed by atoms with E-state index in [4.69, 9.17) is 0 Å². The fraction of sp³-hybridized carbons (Fsp3) is 0.385. The third-order valence-corrected chi connectivity index (χ3v) is 3.49. The monoisotopic (exact) mass is 277 g/mol. The van der Waals surface area contributed by atoms with Crippen LogP contribution in [0.2, 0.25) is 0 Å². The summed E-state index contributed by atoms with van der Waals surface area (Å²) in [6.07, 6.45) is 1.01. The Hall–Kier alpha value is -2.15. The molecule has 3 rings (SSSR count). The lowest BCUT2D eigenvalue weighted by atomic mass is 10.2. The molecule has 0 saturated carbocycles. The highest BCUT2D eigenvalue weighted by Crippen LogP contribution is 2.20. The third-order valence-electron chi connectivity index (χ3n) is 3.49. The van der Waals surface area contributed by atoms with Gasteiger partial charge in [0.05, 0.1) is 6.54 Å². The molecule has 1 aromatic heterocycles. The van der Waals surface area contributed by atoms with Gasteiger partial charge in [-0.1, -0.05) is 0 Å². The van der Waals surface area contributed by atoms with E-state index < -0.39 is 0 Å². The predicted octanol–water partition coefficient (Wildman–Crippen LogP) is 0.606. The minimum atomic E-state index is -0.291. The summed E-state index contributed by atoms with van der Waals surface area (Å²) < 4.78 is 12.9. The molecular weight excluding hydrogens is 261 g/mol. The Bertz CT molecular complexity index is 620. The van der Waals surface area contributed by atoms with Crippen LogP contribution in [0.3, 0.4) is 0 Å². The Morgan fingerprint density at radius 1 is 1.40 bits per heavy atom. The largest absolute Gasteiger partial charge is 0.370 e. The first kappa shape index (κ1) is 12.9. The maximum Gasteiger partial charge on any atom is 0.340 e. The molecule has 0 spiro atoms. The summed E-state index contributed by atoms with van der Waals surface area (Å²) >= 11 is 0. The smallest absolute Gasteiger partial charge is 0.340 e. The Morgan fingerprint density at radius 2 is 2.20 bits per heavy atom. The van der Waals surface area contributed by atoms with Gasteiger partial charge in [-0.3, -0.25) is 4.98 Å². The summed E-state index contributed by atoms with van der Waals surface area (Å²) in [6, 6.07) is 6.88. The van der Waals surface area contributed by atoms with E-state index >= 15 is 0 Å². The Kier molecular flexibility index (Phi) is 3.51. The van der Waals surface area contributed by atoms with Crippen molar-refractivity contribution in [2.45, 2.75) is 19.0 Å². The van der Waals surface area contributed by atoms with E-state index in [0.29, 0.717) is 18.4 Å². The third kappa shape index (κ3) is 2.88. The Morgan fingerprint density at radius 3 is 2.90 bits per heavy atom. The van der Waals surface area contributed by atoms with E-state index in [0.717, 1.165) is 25.2 Å². The first-order valence-electron chi connectivity index (χ1n) is 6.58. The molecule has 2 aromatic rings. The molecule has 2 heterocycles. The average Bonchev–Trinajstić information content (AvgIpc) is 3.06. The minimum Gasteiger partial charge on any atom is -0.370 e. The fourth-order valence-corrected chi connectivity index (χ4v) is 2.44. The Labute approximate surface area is 115 Å². The summed E-state index contributed by atoms with van der Waals surface area (Å²) in [5, 5.41) is 9.54. The van der Waals surface area contributed by atoms with Gasteiger partial charge in [0.2, 0.25) is 0 Å². The summed E-state index contributed by atoms with van der Waals surface area (Å²) in [7, 11) is 0. The molecule has 1 saturated heterocycles. The molecule has 0 amide bonds. The lowest BCUT2D eigenvalue weighted by molar-refractivity contribution is 0.539. The maximum absolute atomic E-state index is 12.9. The molecule has 1 atom stereocenters. The number of hydrogen-bond acceptors (Lipinski definition) is 4. The van der Waals surface area contributed by atoms with Crippen LogP contribution in [-0.2, 0) is 6.54 Å². The van der Waals surface area contributed by atoms with Gasteiger partial charge in [0.15, 0.2) is 0 Å². The molecule has 0 radical (unpaired) electrons. The number of rotatable bonds is 4. The number of aromatic amines is 2. The van der Waals surface area contributed by atoms with Crippen LogP contribution in [0.5, 0.6) is 0 Å². The molecule has 106 valence electrons. The van der Waals surface area contributed by atoms with Crippen molar-refractivity contribution in [3.8, 4) is 0 Å². The molecule has 1 aromatic carbocycles. The zero-order valence-electron chi connectivity index (χ0n) is 10.9. The van der Waals surface area contributed by atoms with Gasteiger partial charge < -0.3 is 10.2 Å². The van der Waals surface area contributed by atoms with E-state index in [-0.39, 0.29) is 11.5 Å². The van der Waals surface area contributed by atoms with Crippen molar-refractivity contribution >= 4 is 5.69 Å². The number of benzene rings is 1. The first-order valence-corrected chi connectivity index (χ1v) is 6.58. The second-order valence-electron chi connectivity index (χ2n) is 4.91. The molecule has 3 N–H and O–H groups in total. The van der Waals surface area contributed by atoms with E-state index in [9.17, 15) is 9.18 Å². The van der Waals surface area contributed by atoms with Crippen LogP contribution in [0.15, 0.2) is 29.1 Å². The number of hydrogen-bond donors (Lipinski definition) is 3. The Balaban J connectivity index is 1.54. The second kappa shape index (κ2) is 5.46. The second-order valence-corrected chi connectivity index (χ2v) is 4.91. The van der Waals surface area contributed by atoms with Crippen LogP contribution in [0.4, 0.5) is 10.1 Å². The maximum atomic E-state index is 12.9. The van der Waals surface area contributed by atoms with Crippen molar-refractivity contribution in [1.82, 2.24) is 20.5 Å². The number of anilines is 1.